The third-order valence-corrected chi connectivity index (χ3v) is 3.25. The molecule has 2 heterocycles. The smallest absolute Gasteiger partial charge is 0.353 e. The summed E-state index contributed by atoms with van der Waals surface area (Å²) in [6.07, 6.45) is 1.59. The Bertz CT molecular complexity index is 824. The second-order valence-corrected chi connectivity index (χ2v) is 4.47. The molecule has 100 valence electrons. The van der Waals surface area contributed by atoms with Gasteiger partial charge in [0.05, 0.1) is 5.69 Å². The number of carboxylic acid groups (broad SMARTS) is 1. The molecule has 0 saturated carbocycles. The number of hydrogen-bond acceptors (Lipinski definition) is 2. The summed E-state index contributed by atoms with van der Waals surface area (Å²) in [6.45, 7) is 1.73. The topological polar surface area (TPSA) is 55.1 Å². The van der Waals surface area contributed by atoms with Gasteiger partial charge in [0.1, 0.15) is 17.2 Å². The van der Waals surface area contributed by atoms with E-state index in [1.807, 2.05) is 0 Å². The van der Waals surface area contributed by atoms with Crippen LogP contribution in [0, 0.1) is 12.7 Å². The largest absolute Gasteiger partial charge is 0.477 e. The SMILES string of the molecule is Cc1c(C(=O)O)n(-c2cccc(F)c2)c2ncccc12. The minimum absolute atomic E-state index is 0.101. The summed E-state index contributed by atoms with van der Waals surface area (Å²) in [5, 5.41) is 10.2. The third kappa shape index (κ3) is 1.75. The van der Waals surface area contributed by atoms with Crippen LogP contribution < -0.4 is 0 Å². The molecule has 3 rings (SSSR count). The number of pyridine rings is 1. The lowest BCUT2D eigenvalue weighted by atomic mass is 10.2. The summed E-state index contributed by atoms with van der Waals surface area (Å²) in [7, 11) is 0. The molecule has 0 radical (unpaired) electrons. The van der Waals surface area contributed by atoms with Gasteiger partial charge in [-0.05, 0) is 42.8 Å². The first kappa shape index (κ1) is 12.3. The first-order valence-electron chi connectivity index (χ1n) is 6.05. The molecule has 0 amide bonds. The van der Waals surface area contributed by atoms with Crippen molar-refractivity contribution >= 4 is 17.0 Å². The minimum Gasteiger partial charge on any atom is -0.477 e. The fourth-order valence-corrected chi connectivity index (χ4v) is 2.39. The van der Waals surface area contributed by atoms with Crippen LogP contribution in [0.2, 0.25) is 0 Å². The summed E-state index contributed by atoms with van der Waals surface area (Å²) >= 11 is 0. The maximum Gasteiger partial charge on any atom is 0.353 e. The van der Waals surface area contributed by atoms with Crippen molar-refractivity contribution < 1.29 is 14.3 Å². The Hall–Kier alpha value is -2.69. The molecule has 0 spiro atoms. The van der Waals surface area contributed by atoms with E-state index in [9.17, 15) is 14.3 Å². The fraction of sp³-hybridized carbons (Fsp3) is 0.0667. The lowest BCUT2D eigenvalue weighted by molar-refractivity contribution is 0.0687. The second kappa shape index (κ2) is 4.45. The van der Waals surface area contributed by atoms with Crippen molar-refractivity contribution in [3.05, 3.63) is 59.7 Å². The average Bonchev–Trinajstić information content (AvgIpc) is 2.73. The number of aromatic carboxylic acids is 1. The number of aromatic nitrogens is 2. The molecule has 0 aliphatic rings. The molecule has 0 bridgehead atoms. The highest BCUT2D eigenvalue weighted by Gasteiger charge is 2.21. The zero-order valence-corrected chi connectivity index (χ0v) is 10.7. The van der Waals surface area contributed by atoms with E-state index in [4.69, 9.17) is 0 Å². The van der Waals surface area contributed by atoms with Crippen LogP contribution in [-0.2, 0) is 0 Å². The normalized spacial score (nSPS) is 10.9. The van der Waals surface area contributed by atoms with Crippen molar-refractivity contribution in [2.75, 3.05) is 0 Å². The van der Waals surface area contributed by atoms with E-state index in [0.717, 1.165) is 5.39 Å². The molecule has 1 N–H and O–H groups in total. The predicted octanol–water partition coefficient (Wildman–Crippen LogP) is 3.17. The Labute approximate surface area is 114 Å². The highest BCUT2D eigenvalue weighted by Crippen LogP contribution is 2.27. The van der Waals surface area contributed by atoms with Gasteiger partial charge in [-0.2, -0.15) is 0 Å². The highest BCUT2D eigenvalue weighted by molar-refractivity contribution is 5.98. The standard InChI is InChI=1S/C15H11FN2O2/c1-9-12-6-3-7-17-14(12)18(13(9)15(19)20)11-5-2-4-10(16)8-11/h2-8H,1H3,(H,19,20). The fourth-order valence-electron chi connectivity index (χ4n) is 2.39. The van der Waals surface area contributed by atoms with Crippen LogP contribution in [0.4, 0.5) is 4.39 Å². The molecular formula is C15H11FN2O2. The van der Waals surface area contributed by atoms with Gasteiger partial charge in [0.2, 0.25) is 0 Å². The van der Waals surface area contributed by atoms with Crippen LogP contribution >= 0.6 is 0 Å². The molecule has 1 aromatic carbocycles. The number of carbonyl (C=O) groups is 1. The number of carboxylic acids is 1. The van der Waals surface area contributed by atoms with E-state index < -0.39 is 11.8 Å². The maximum absolute atomic E-state index is 13.4. The predicted molar refractivity (Wildman–Crippen MR) is 72.7 cm³/mol. The minimum atomic E-state index is -1.07. The van der Waals surface area contributed by atoms with Gasteiger partial charge >= 0.3 is 5.97 Å². The van der Waals surface area contributed by atoms with Gasteiger partial charge in [0.25, 0.3) is 0 Å². The van der Waals surface area contributed by atoms with E-state index in [0.29, 0.717) is 16.9 Å². The van der Waals surface area contributed by atoms with E-state index in [2.05, 4.69) is 4.98 Å². The molecular weight excluding hydrogens is 259 g/mol. The van der Waals surface area contributed by atoms with Gasteiger partial charge in [-0.1, -0.05) is 6.07 Å². The summed E-state index contributed by atoms with van der Waals surface area (Å²) < 4.78 is 14.9. The summed E-state index contributed by atoms with van der Waals surface area (Å²) in [4.78, 5) is 15.8. The van der Waals surface area contributed by atoms with E-state index in [1.165, 1.54) is 16.7 Å². The highest BCUT2D eigenvalue weighted by atomic mass is 19.1. The molecule has 3 aromatic rings. The van der Waals surface area contributed by atoms with E-state index in [1.54, 1.807) is 37.4 Å². The number of rotatable bonds is 2. The lowest BCUT2D eigenvalue weighted by Gasteiger charge is -2.08. The number of fused-ring (bicyclic) bond motifs is 1. The van der Waals surface area contributed by atoms with Crippen molar-refractivity contribution in [1.82, 2.24) is 9.55 Å². The molecule has 2 aromatic heterocycles. The van der Waals surface area contributed by atoms with Crippen LogP contribution in [0.1, 0.15) is 16.1 Å². The molecule has 0 aliphatic carbocycles. The van der Waals surface area contributed by atoms with Crippen molar-refractivity contribution in [3.63, 3.8) is 0 Å². The average molecular weight is 270 g/mol. The van der Waals surface area contributed by atoms with E-state index >= 15 is 0 Å². The molecule has 0 fully saturated rings. The molecule has 0 aliphatic heterocycles. The van der Waals surface area contributed by atoms with Crippen molar-refractivity contribution in [2.45, 2.75) is 6.92 Å². The van der Waals surface area contributed by atoms with Crippen LogP contribution in [-0.4, -0.2) is 20.6 Å². The Kier molecular flexibility index (Phi) is 2.75. The molecule has 0 atom stereocenters. The summed E-state index contributed by atoms with van der Waals surface area (Å²) in [5.74, 6) is -1.49. The van der Waals surface area contributed by atoms with Gasteiger partial charge < -0.3 is 5.11 Å². The Morgan fingerprint density at radius 3 is 2.80 bits per heavy atom. The first-order valence-corrected chi connectivity index (χ1v) is 6.05. The molecule has 5 heteroatoms. The van der Waals surface area contributed by atoms with Crippen LogP contribution in [0.3, 0.4) is 0 Å². The Morgan fingerprint density at radius 2 is 2.10 bits per heavy atom. The van der Waals surface area contributed by atoms with Crippen LogP contribution in [0.15, 0.2) is 42.6 Å². The lowest BCUT2D eigenvalue weighted by Crippen LogP contribution is -2.08. The number of nitrogens with zero attached hydrogens (tertiary/aromatic N) is 2. The van der Waals surface area contributed by atoms with Crippen molar-refractivity contribution in [3.8, 4) is 5.69 Å². The maximum atomic E-state index is 13.4. The van der Waals surface area contributed by atoms with Crippen LogP contribution in [0.25, 0.3) is 16.7 Å². The summed E-state index contributed by atoms with van der Waals surface area (Å²) in [5.41, 5.74) is 1.67. The van der Waals surface area contributed by atoms with Gasteiger partial charge in [-0.3, -0.25) is 4.57 Å². The van der Waals surface area contributed by atoms with Crippen molar-refractivity contribution in [2.24, 2.45) is 0 Å². The quantitative estimate of drug-likeness (QED) is 0.778. The number of benzene rings is 1. The molecule has 0 saturated heterocycles. The van der Waals surface area contributed by atoms with E-state index in [-0.39, 0.29) is 5.69 Å². The Morgan fingerprint density at radius 1 is 1.30 bits per heavy atom. The number of halogens is 1. The van der Waals surface area contributed by atoms with Gasteiger partial charge in [-0.15, -0.1) is 0 Å². The second-order valence-electron chi connectivity index (χ2n) is 4.47. The number of hydrogen-bond donors (Lipinski definition) is 1. The molecule has 20 heavy (non-hydrogen) atoms. The molecule has 0 unspecified atom stereocenters. The van der Waals surface area contributed by atoms with Gasteiger partial charge in [0.15, 0.2) is 0 Å². The Balaban J connectivity index is 2.45. The van der Waals surface area contributed by atoms with Gasteiger partial charge in [0, 0.05) is 11.6 Å². The monoisotopic (exact) mass is 270 g/mol. The van der Waals surface area contributed by atoms with Crippen LogP contribution in [0.5, 0.6) is 0 Å². The van der Waals surface area contributed by atoms with Crippen molar-refractivity contribution in [1.29, 1.82) is 0 Å². The zero-order chi connectivity index (χ0) is 14.3. The summed E-state index contributed by atoms with van der Waals surface area (Å²) in [6, 6.07) is 9.36. The van der Waals surface area contributed by atoms with Gasteiger partial charge in [-0.25, -0.2) is 14.2 Å². The molecule has 4 nitrogen and oxygen atoms in total. The number of aryl methyl sites for hydroxylation is 1. The first-order chi connectivity index (χ1) is 9.59. The zero-order valence-electron chi connectivity index (χ0n) is 10.7. The third-order valence-electron chi connectivity index (χ3n) is 3.25.